The van der Waals surface area contributed by atoms with Crippen molar-refractivity contribution in [1.29, 1.82) is 0 Å². The van der Waals surface area contributed by atoms with E-state index in [0.717, 1.165) is 30.9 Å². The van der Waals surface area contributed by atoms with Gasteiger partial charge in [-0.05, 0) is 36.6 Å². The molecule has 3 heterocycles. The molecule has 2 aromatic carbocycles. The number of fused-ring (bicyclic) bond motifs is 1. The van der Waals surface area contributed by atoms with Crippen molar-refractivity contribution in [1.82, 2.24) is 14.7 Å². The van der Waals surface area contributed by atoms with Gasteiger partial charge in [0, 0.05) is 45.7 Å². The topological polar surface area (TPSA) is 62.3 Å². The number of ether oxygens (including phenoxy) is 2. The zero-order valence-corrected chi connectivity index (χ0v) is 18.5. The Morgan fingerprint density at radius 1 is 0.938 bits per heavy atom. The first-order valence-corrected chi connectivity index (χ1v) is 11.3. The zero-order valence-electron chi connectivity index (χ0n) is 18.5. The van der Waals surface area contributed by atoms with Gasteiger partial charge in [-0.1, -0.05) is 35.9 Å². The molecule has 5 rings (SSSR count). The summed E-state index contributed by atoms with van der Waals surface area (Å²) in [4.78, 5) is 31.9. The first kappa shape index (κ1) is 20.8. The van der Waals surface area contributed by atoms with E-state index in [0.29, 0.717) is 38.2 Å². The van der Waals surface area contributed by atoms with Gasteiger partial charge in [0.15, 0.2) is 11.5 Å². The standard InChI is InChI=1S/C25H29N3O4/c1-18-2-4-19(5-3-18)15-26-10-12-27(13-11-26)25(30)21-7-9-24(29)28(21)16-20-6-8-22-23(14-20)32-17-31-22/h2-6,8,14,21H,7,9-13,15-17H2,1H3. The number of nitrogens with zero attached hydrogens (tertiary/aromatic N) is 3. The maximum atomic E-state index is 13.3. The Morgan fingerprint density at radius 3 is 2.44 bits per heavy atom. The zero-order chi connectivity index (χ0) is 22.1. The van der Waals surface area contributed by atoms with Crippen molar-refractivity contribution in [2.45, 2.75) is 38.9 Å². The van der Waals surface area contributed by atoms with Gasteiger partial charge in [-0.2, -0.15) is 0 Å². The summed E-state index contributed by atoms with van der Waals surface area (Å²) in [6, 6.07) is 13.9. The lowest BCUT2D eigenvalue weighted by Crippen LogP contribution is -2.53. The molecule has 0 aromatic heterocycles. The summed E-state index contributed by atoms with van der Waals surface area (Å²) in [5, 5.41) is 0. The van der Waals surface area contributed by atoms with Crippen molar-refractivity contribution in [2.24, 2.45) is 0 Å². The minimum atomic E-state index is -0.378. The van der Waals surface area contributed by atoms with E-state index in [1.54, 1.807) is 4.90 Å². The molecule has 7 heteroatoms. The van der Waals surface area contributed by atoms with E-state index < -0.39 is 0 Å². The fourth-order valence-corrected chi connectivity index (χ4v) is 4.71. The van der Waals surface area contributed by atoms with Gasteiger partial charge in [-0.25, -0.2) is 0 Å². The summed E-state index contributed by atoms with van der Waals surface area (Å²) in [5.41, 5.74) is 3.51. The number of aryl methyl sites for hydroxylation is 1. The van der Waals surface area contributed by atoms with Crippen LogP contribution in [0.2, 0.25) is 0 Å². The molecule has 0 spiro atoms. The van der Waals surface area contributed by atoms with Gasteiger partial charge in [0.2, 0.25) is 18.6 Å². The first-order valence-electron chi connectivity index (χ1n) is 11.3. The van der Waals surface area contributed by atoms with Crippen molar-refractivity contribution >= 4 is 11.8 Å². The summed E-state index contributed by atoms with van der Waals surface area (Å²) in [6.07, 6.45) is 1.01. The van der Waals surface area contributed by atoms with E-state index in [-0.39, 0.29) is 24.6 Å². The maximum Gasteiger partial charge on any atom is 0.245 e. The lowest BCUT2D eigenvalue weighted by molar-refractivity contribution is -0.143. The molecule has 0 aliphatic carbocycles. The molecule has 2 amide bonds. The third-order valence-corrected chi connectivity index (χ3v) is 6.61. The van der Waals surface area contributed by atoms with Gasteiger partial charge in [-0.3, -0.25) is 14.5 Å². The Morgan fingerprint density at radius 2 is 1.66 bits per heavy atom. The van der Waals surface area contributed by atoms with E-state index in [1.165, 1.54) is 11.1 Å². The highest BCUT2D eigenvalue weighted by atomic mass is 16.7. The van der Waals surface area contributed by atoms with E-state index in [2.05, 4.69) is 36.1 Å². The molecule has 3 aliphatic heterocycles. The molecule has 3 aliphatic rings. The van der Waals surface area contributed by atoms with Crippen LogP contribution in [0.5, 0.6) is 11.5 Å². The fraction of sp³-hybridized carbons (Fsp3) is 0.440. The molecule has 0 N–H and O–H groups in total. The van der Waals surface area contributed by atoms with Gasteiger partial charge in [0.1, 0.15) is 6.04 Å². The van der Waals surface area contributed by atoms with E-state index in [9.17, 15) is 9.59 Å². The average molecular weight is 436 g/mol. The molecule has 0 bridgehead atoms. The summed E-state index contributed by atoms with van der Waals surface area (Å²) < 4.78 is 10.8. The number of rotatable bonds is 5. The molecular formula is C25H29N3O4. The number of carbonyl (C=O) groups excluding carboxylic acids is 2. The van der Waals surface area contributed by atoms with E-state index in [1.807, 2.05) is 23.1 Å². The lowest BCUT2D eigenvalue weighted by atomic mass is 10.1. The van der Waals surface area contributed by atoms with Gasteiger partial charge >= 0.3 is 0 Å². The fourth-order valence-electron chi connectivity index (χ4n) is 4.71. The Bertz CT molecular complexity index is 999. The van der Waals surface area contributed by atoms with E-state index >= 15 is 0 Å². The van der Waals surface area contributed by atoms with Crippen molar-refractivity contribution < 1.29 is 19.1 Å². The van der Waals surface area contributed by atoms with Crippen LogP contribution in [0.15, 0.2) is 42.5 Å². The average Bonchev–Trinajstić information content (AvgIpc) is 3.42. The second kappa shape index (κ2) is 8.82. The highest BCUT2D eigenvalue weighted by Gasteiger charge is 2.39. The summed E-state index contributed by atoms with van der Waals surface area (Å²) >= 11 is 0. The van der Waals surface area contributed by atoms with Gasteiger partial charge in [-0.15, -0.1) is 0 Å². The Kier molecular flexibility index (Phi) is 5.74. The Labute approximate surface area is 188 Å². The van der Waals surface area contributed by atoms with Gasteiger partial charge in [0.05, 0.1) is 0 Å². The molecule has 32 heavy (non-hydrogen) atoms. The molecule has 0 radical (unpaired) electrons. The Hall–Kier alpha value is -3.06. The number of piperazine rings is 1. The van der Waals surface area contributed by atoms with Crippen molar-refractivity contribution in [3.05, 3.63) is 59.2 Å². The largest absolute Gasteiger partial charge is 0.454 e. The molecule has 168 valence electrons. The monoisotopic (exact) mass is 435 g/mol. The van der Waals surface area contributed by atoms with Crippen LogP contribution >= 0.6 is 0 Å². The minimum Gasteiger partial charge on any atom is -0.454 e. The molecule has 7 nitrogen and oxygen atoms in total. The summed E-state index contributed by atoms with van der Waals surface area (Å²) in [7, 11) is 0. The quantitative estimate of drug-likeness (QED) is 0.722. The van der Waals surface area contributed by atoms with Crippen LogP contribution in [-0.4, -0.2) is 65.5 Å². The molecule has 0 saturated carbocycles. The highest BCUT2D eigenvalue weighted by molar-refractivity contribution is 5.91. The SMILES string of the molecule is Cc1ccc(CN2CCN(C(=O)C3CCC(=O)N3Cc3ccc4c(c3)OCO4)CC2)cc1. The van der Waals surface area contributed by atoms with Crippen LogP contribution in [0.25, 0.3) is 0 Å². The number of likely N-dealkylation sites (tertiary alicyclic amines) is 1. The van der Waals surface area contributed by atoms with Crippen LogP contribution in [-0.2, 0) is 22.7 Å². The Balaban J connectivity index is 1.19. The number of hydrogen-bond acceptors (Lipinski definition) is 5. The second-order valence-electron chi connectivity index (χ2n) is 8.85. The van der Waals surface area contributed by atoms with Crippen LogP contribution in [0.3, 0.4) is 0 Å². The molecule has 1 unspecified atom stereocenters. The predicted molar refractivity (Wildman–Crippen MR) is 119 cm³/mol. The van der Waals surface area contributed by atoms with Crippen LogP contribution < -0.4 is 9.47 Å². The number of carbonyl (C=O) groups is 2. The molecule has 1 atom stereocenters. The smallest absolute Gasteiger partial charge is 0.245 e. The molecule has 2 saturated heterocycles. The van der Waals surface area contributed by atoms with Crippen LogP contribution in [0, 0.1) is 6.92 Å². The molecule has 2 aromatic rings. The summed E-state index contributed by atoms with van der Waals surface area (Å²) in [6.45, 7) is 6.74. The maximum absolute atomic E-state index is 13.3. The second-order valence-corrected chi connectivity index (χ2v) is 8.85. The first-order chi connectivity index (χ1) is 15.6. The highest BCUT2D eigenvalue weighted by Crippen LogP contribution is 2.33. The molecule has 2 fully saturated rings. The lowest BCUT2D eigenvalue weighted by Gasteiger charge is -2.37. The van der Waals surface area contributed by atoms with E-state index in [4.69, 9.17) is 9.47 Å². The number of hydrogen-bond donors (Lipinski definition) is 0. The van der Waals surface area contributed by atoms with Crippen LogP contribution in [0.1, 0.15) is 29.5 Å². The van der Waals surface area contributed by atoms with Crippen molar-refractivity contribution in [2.75, 3.05) is 33.0 Å². The van der Waals surface area contributed by atoms with Gasteiger partial charge < -0.3 is 19.3 Å². The number of benzene rings is 2. The van der Waals surface area contributed by atoms with Crippen molar-refractivity contribution in [3.8, 4) is 11.5 Å². The minimum absolute atomic E-state index is 0.0408. The third kappa shape index (κ3) is 4.30. The molecular weight excluding hydrogens is 406 g/mol. The number of amides is 2. The predicted octanol–water partition coefficient (Wildman–Crippen LogP) is 2.56. The summed E-state index contributed by atoms with van der Waals surface area (Å²) in [5.74, 6) is 1.53. The van der Waals surface area contributed by atoms with Crippen molar-refractivity contribution in [3.63, 3.8) is 0 Å². The normalized spacial score (nSPS) is 20.8. The third-order valence-electron chi connectivity index (χ3n) is 6.61. The van der Waals surface area contributed by atoms with Gasteiger partial charge in [0.25, 0.3) is 0 Å². The van der Waals surface area contributed by atoms with Crippen LogP contribution in [0.4, 0.5) is 0 Å².